The standard InChI is InChI=1S/C20H34O4/c1-15(2)7-9-18(22)16(3)6-5-12-20(4)19(23)10-8-17(11-13-21)14-24-20/h7,11,16,19,21,23H,5-6,8-10,12-14H2,1-4H3/b17-11+/t16?,19-,20+/m1/s1. The van der Waals surface area contributed by atoms with E-state index in [0.717, 1.165) is 31.3 Å². The van der Waals surface area contributed by atoms with Crippen LogP contribution in [-0.4, -0.2) is 40.9 Å². The molecule has 2 N–H and O–H groups in total. The fourth-order valence-corrected chi connectivity index (χ4v) is 3.01. The molecule has 1 heterocycles. The number of hydrogen-bond donors (Lipinski definition) is 2. The van der Waals surface area contributed by atoms with Crippen molar-refractivity contribution in [3.63, 3.8) is 0 Å². The molecule has 0 radical (unpaired) electrons. The van der Waals surface area contributed by atoms with Crippen molar-refractivity contribution in [1.82, 2.24) is 0 Å². The molecular weight excluding hydrogens is 304 g/mol. The van der Waals surface area contributed by atoms with Gasteiger partial charge in [0.1, 0.15) is 5.78 Å². The summed E-state index contributed by atoms with van der Waals surface area (Å²) < 4.78 is 5.97. The molecule has 138 valence electrons. The zero-order chi connectivity index (χ0) is 18.2. The van der Waals surface area contributed by atoms with E-state index in [0.29, 0.717) is 19.4 Å². The zero-order valence-electron chi connectivity index (χ0n) is 15.7. The van der Waals surface area contributed by atoms with Crippen LogP contribution < -0.4 is 0 Å². The second-order valence-electron chi connectivity index (χ2n) is 7.45. The third-order valence-corrected chi connectivity index (χ3v) is 4.98. The summed E-state index contributed by atoms with van der Waals surface area (Å²) in [4.78, 5) is 12.1. The van der Waals surface area contributed by atoms with Crippen LogP contribution in [0.3, 0.4) is 0 Å². The lowest BCUT2D eigenvalue weighted by Gasteiger charge is -2.33. The van der Waals surface area contributed by atoms with Gasteiger partial charge in [0.25, 0.3) is 0 Å². The number of ketones is 1. The van der Waals surface area contributed by atoms with Gasteiger partial charge in [-0.3, -0.25) is 4.79 Å². The zero-order valence-corrected chi connectivity index (χ0v) is 15.7. The van der Waals surface area contributed by atoms with Gasteiger partial charge in [-0.2, -0.15) is 0 Å². The van der Waals surface area contributed by atoms with Crippen molar-refractivity contribution >= 4 is 5.78 Å². The van der Waals surface area contributed by atoms with E-state index < -0.39 is 11.7 Å². The monoisotopic (exact) mass is 338 g/mol. The Morgan fingerprint density at radius 1 is 1.46 bits per heavy atom. The minimum atomic E-state index is -0.576. The van der Waals surface area contributed by atoms with Gasteiger partial charge in [0.05, 0.1) is 24.9 Å². The third kappa shape index (κ3) is 6.88. The molecule has 0 aromatic heterocycles. The number of carbonyl (C=O) groups is 1. The van der Waals surface area contributed by atoms with E-state index in [1.54, 1.807) is 6.08 Å². The Morgan fingerprint density at radius 2 is 2.17 bits per heavy atom. The van der Waals surface area contributed by atoms with E-state index in [2.05, 4.69) is 0 Å². The molecule has 0 bridgehead atoms. The highest BCUT2D eigenvalue weighted by Crippen LogP contribution is 2.31. The molecule has 1 saturated heterocycles. The van der Waals surface area contributed by atoms with Crippen molar-refractivity contribution in [3.05, 3.63) is 23.3 Å². The van der Waals surface area contributed by atoms with Crippen molar-refractivity contribution in [1.29, 1.82) is 0 Å². The number of allylic oxidation sites excluding steroid dienone is 2. The molecule has 1 unspecified atom stereocenters. The van der Waals surface area contributed by atoms with Crippen LogP contribution in [0.1, 0.15) is 66.2 Å². The number of ether oxygens (including phenoxy) is 1. The van der Waals surface area contributed by atoms with E-state index >= 15 is 0 Å². The molecule has 0 amide bonds. The quantitative estimate of drug-likeness (QED) is 0.664. The van der Waals surface area contributed by atoms with Crippen molar-refractivity contribution in [2.24, 2.45) is 5.92 Å². The summed E-state index contributed by atoms with van der Waals surface area (Å²) in [5.74, 6) is 0.314. The maximum Gasteiger partial charge on any atom is 0.139 e. The molecular formula is C20H34O4. The molecule has 4 heteroatoms. The molecule has 1 aliphatic rings. The van der Waals surface area contributed by atoms with Crippen LogP contribution in [0.5, 0.6) is 0 Å². The third-order valence-electron chi connectivity index (χ3n) is 4.98. The summed E-state index contributed by atoms with van der Waals surface area (Å²) in [6.07, 6.45) is 7.56. The van der Waals surface area contributed by atoms with Crippen molar-refractivity contribution in [2.45, 2.75) is 77.9 Å². The first-order valence-corrected chi connectivity index (χ1v) is 9.05. The van der Waals surface area contributed by atoms with Crippen molar-refractivity contribution < 1.29 is 19.7 Å². The van der Waals surface area contributed by atoms with Crippen LogP contribution >= 0.6 is 0 Å². The molecule has 3 atom stereocenters. The van der Waals surface area contributed by atoms with Gasteiger partial charge in [-0.1, -0.05) is 24.6 Å². The van der Waals surface area contributed by atoms with Crippen molar-refractivity contribution in [3.8, 4) is 0 Å². The summed E-state index contributed by atoms with van der Waals surface area (Å²) in [5, 5.41) is 19.4. The maximum atomic E-state index is 12.1. The van der Waals surface area contributed by atoms with Crippen LogP contribution in [0.25, 0.3) is 0 Å². The summed E-state index contributed by atoms with van der Waals surface area (Å²) in [6.45, 7) is 8.41. The summed E-state index contributed by atoms with van der Waals surface area (Å²) in [6, 6.07) is 0. The number of Topliss-reactive ketones (excluding diaryl/α,β-unsaturated/α-hetero) is 1. The Labute approximate surface area is 146 Å². The molecule has 24 heavy (non-hydrogen) atoms. The van der Waals surface area contributed by atoms with Gasteiger partial charge in [-0.15, -0.1) is 0 Å². The molecule has 0 aliphatic carbocycles. The summed E-state index contributed by atoms with van der Waals surface area (Å²) >= 11 is 0. The average Bonchev–Trinajstić information content (AvgIpc) is 2.66. The van der Waals surface area contributed by atoms with Crippen molar-refractivity contribution in [2.75, 3.05) is 13.2 Å². The van der Waals surface area contributed by atoms with Gasteiger partial charge in [0.2, 0.25) is 0 Å². The van der Waals surface area contributed by atoms with Crippen LogP contribution in [0, 0.1) is 5.92 Å². The van der Waals surface area contributed by atoms with Gasteiger partial charge < -0.3 is 14.9 Å². The molecule has 0 spiro atoms. The van der Waals surface area contributed by atoms with Gasteiger partial charge in [-0.25, -0.2) is 0 Å². The Hall–Kier alpha value is -0.970. The SMILES string of the molecule is CC(C)=CCC(=O)C(C)CCC[C@]1(C)OC/C(=C/CO)CC[C@H]1O. The summed E-state index contributed by atoms with van der Waals surface area (Å²) in [5.41, 5.74) is 1.64. The molecule has 0 saturated carbocycles. The molecule has 0 aromatic carbocycles. The highest BCUT2D eigenvalue weighted by Gasteiger charge is 2.35. The second kappa shape index (κ2) is 10.1. The molecule has 1 fully saturated rings. The molecule has 1 rings (SSSR count). The van der Waals surface area contributed by atoms with Crippen LogP contribution in [0.4, 0.5) is 0 Å². The first-order chi connectivity index (χ1) is 11.3. The van der Waals surface area contributed by atoms with Gasteiger partial charge in [0.15, 0.2) is 0 Å². The predicted octanol–water partition coefficient (Wildman–Crippen LogP) is 3.57. The first-order valence-electron chi connectivity index (χ1n) is 9.05. The van der Waals surface area contributed by atoms with Gasteiger partial charge >= 0.3 is 0 Å². The molecule has 0 aromatic rings. The minimum absolute atomic E-state index is 0.0107. The Kier molecular flexibility index (Phi) is 8.88. The van der Waals surface area contributed by atoms with Crippen LogP contribution in [-0.2, 0) is 9.53 Å². The van der Waals surface area contributed by atoms with Gasteiger partial charge in [-0.05, 0) is 58.4 Å². The topological polar surface area (TPSA) is 66.8 Å². The number of aliphatic hydroxyl groups is 2. The lowest BCUT2D eigenvalue weighted by molar-refractivity contribution is -0.122. The number of rotatable bonds is 8. The normalized spacial score (nSPS) is 27.6. The van der Waals surface area contributed by atoms with E-state index in [-0.39, 0.29) is 18.3 Å². The van der Waals surface area contributed by atoms with E-state index in [9.17, 15) is 9.90 Å². The van der Waals surface area contributed by atoms with Crippen LogP contribution in [0.15, 0.2) is 23.3 Å². The lowest BCUT2D eigenvalue weighted by atomic mass is 9.87. The second-order valence-corrected chi connectivity index (χ2v) is 7.45. The van der Waals surface area contributed by atoms with E-state index in [4.69, 9.17) is 9.84 Å². The van der Waals surface area contributed by atoms with E-state index in [1.165, 1.54) is 5.57 Å². The maximum absolute atomic E-state index is 12.1. The number of hydrogen-bond acceptors (Lipinski definition) is 4. The lowest BCUT2D eigenvalue weighted by Crippen LogP contribution is -2.41. The average molecular weight is 338 g/mol. The minimum Gasteiger partial charge on any atom is -0.392 e. The molecule has 1 aliphatic heterocycles. The Morgan fingerprint density at radius 3 is 2.79 bits per heavy atom. The predicted molar refractivity (Wildman–Crippen MR) is 96.8 cm³/mol. The smallest absolute Gasteiger partial charge is 0.139 e. The summed E-state index contributed by atoms with van der Waals surface area (Å²) in [7, 11) is 0. The number of carbonyl (C=O) groups excluding carboxylic acids is 1. The Balaban J connectivity index is 2.48. The number of aliphatic hydroxyl groups excluding tert-OH is 2. The largest absolute Gasteiger partial charge is 0.392 e. The van der Waals surface area contributed by atoms with Crippen LogP contribution in [0.2, 0.25) is 0 Å². The van der Waals surface area contributed by atoms with Gasteiger partial charge in [0, 0.05) is 12.3 Å². The highest BCUT2D eigenvalue weighted by atomic mass is 16.5. The highest BCUT2D eigenvalue weighted by molar-refractivity contribution is 5.82. The van der Waals surface area contributed by atoms with E-state index in [1.807, 2.05) is 33.8 Å². The fourth-order valence-electron chi connectivity index (χ4n) is 3.01. The Bertz CT molecular complexity index is 462. The fraction of sp³-hybridized carbons (Fsp3) is 0.750. The first kappa shape index (κ1) is 21.1. The molecule has 4 nitrogen and oxygen atoms in total.